The number of amides is 2. The molecule has 2 amide bonds. The van der Waals surface area contributed by atoms with Crippen molar-refractivity contribution in [3.05, 3.63) is 63.5 Å². The normalized spacial score (nSPS) is 10.6. The van der Waals surface area contributed by atoms with Crippen molar-refractivity contribution in [1.29, 1.82) is 0 Å². The second-order valence-corrected chi connectivity index (χ2v) is 6.39. The number of hydrogen-bond donors (Lipinski definition) is 3. The topological polar surface area (TPSA) is 86.9 Å². The number of hydrazine groups is 1. The summed E-state index contributed by atoms with van der Waals surface area (Å²) in [4.78, 5) is 31.7. The minimum atomic E-state index is -0.430. The highest BCUT2D eigenvalue weighted by molar-refractivity contribution is 9.10. The fourth-order valence-corrected chi connectivity index (χ4v) is 2.75. The SMILES string of the molecule is Cc1ccc2nc(C)cc(C(=O)NNC(=O)c3cc(Br)c[nH]3)c2c1. The molecule has 0 aliphatic rings. The summed E-state index contributed by atoms with van der Waals surface area (Å²) < 4.78 is 0.755. The lowest BCUT2D eigenvalue weighted by Crippen LogP contribution is -2.41. The van der Waals surface area contributed by atoms with Crippen LogP contribution in [0.4, 0.5) is 0 Å². The summed E-state index contributed by atoms with van der Waals surface area (Å²) in [6.45, 7) is 3.77. The van der Waals surface area contributed by atoms with Gasteiger partial charge in [-0.1, -0.05) is 11.6 Å². The van der Waals surface area contributed by atoms with E-state index in [1.54, 1.807) is 18.3 Å². The third-order valence-electron chi connectivity index (χ3n) is 3.52. The fourth-order valence-electron chi connectivity index (χ4n) is 2.41. The first-order chi connectivity index (χ1) is 11.4. The van der Waals surface area contributed by atoms with Crippen molar-refractivity contribution >= 4 is 38.6 Å². The molecule has 0 fully saturated rings. The van der Waals surface area contributed by atoms with E-state index < -0.39 is 11.8 Å². The third-order valence-corrected chi connectivity index (χ3v) is 3.98. The van der Waals surface area contributed by atoms with E-state index in [1.165, 1.54) is 0 Å². The maximum atomic E-state index is 12.5. The first-order valence-electron chi connectivity index (χ1n) is 7.26. The van der Waals surface area contributed by atoms with Crippen molar-refractivity contribution in [1.82, 2.24) is 20.8 Å². The van der Waals surface area contributed by atoms with Gasteiger partial charge in [-0.3, -0.25) is 25.4 Å². The molecule has 3 rings (SSSR count). The van der Waals surface area contributed by atoms with Crippen LogP contribution in [-0.2, 0) is 0 Å². The van der Waals surface area contributed by atoms with Crippen LogP contribution in [0.1, 0.15) is 32.1 Å². The number of carbonyl (C=O) groups is 2. The number of hydrogen-bond acceptors (Lipinski definition) is 3. The average molecular weight is 387 g/mol. The number of pyridine rings is 1. The number of aryl methyl sites for hydroxylation is 2. The van der Waals surface area contributed by atoms with Gasteiger partial charge in [0.2, 0.25) is 0 Å². The summed E-state index contributed by atoms with van der Waals surface area (Å²) >= 11 is 3.25. The number of nitrogens with one attached hydrogen (secondary N) is 3. The highest BCUT2D eigenvalue weighted by Crippen LogP contribution is 2.20. The molecule has 2 heterocycles. The summed E-state index contributed by atoms with van der Waals surface area (Å²) in [5, 5.41) is 0.745. The minimum Gasteiger partial charge on any atom is -0.356 e. The predicted molar refractivity (Wildman–Crippen MR) is 94.6 cm³/mol. The maximum Gasteiger partial charge on any atom is 0.286 e. The summed E-state index contributed by atoms with van der Waals surface area (Å²) in [5.41, 5.74) is 8.15. The van der Waals surface area contributed by atoms with Crippen LogP contribution in [0.25, 0.3) is 10.9 Å². The molecule has 3 aromatic rings. The number of fused-ring (bicyclic) bond motifs is 1. The van der Waals surface area contributed by atoms with E-state index in [-0.39, 0.29) is 0 Å². The van der Waals surface area contributed by atoms with E-state index in [4.69, 9.17) is 0 Å². The van der Waals surface area contributed by atoms with Crippen LogP contribution in [0.3, 0.4) is 0 Å². The smallest absolute Gasteiger partial charge is 0.286 e. The molecule has 1 aromatic carbocycles. The summed E-state index contributed by atoms with van der Waals surface area (Å²) in [7, 11) is 0. The molecule has 0 aliphatic carbocycles. The standard InChI is InChI=1S/C17H15BrN4O2/c1-9-3-4-14-12(5-9)13(6-10(2)20-14)16(23)21-22-17(24)15-7-11(18)8-19-15/h3-8,19H,1-2H3,(H,21,23)(H,22,24). The summed E-state index contributed by atoms with van der Waals surface area (Å²) in [6, 6.07) is 9.05. The van der Waals surface area contributed by atoms with Crippen LogP contribution >= 0.6 is 15.9 Å². The number of rotatable bonds is 2. The first kappa shape index (κ1) is 16.2. The van der Waals surface area contributed by atoms with Gasteiger partial charge >= 0.3 is 0 Å². The maximum absolute atomic E-state index is 12.5. The van der Waals surface area contributed by atoms with E-state index in [0.29, 0.717) is 11.3 Å². The molecular formula is C17H15BrN4O2. The number of benzene rings is 1. The molecule has 0 spiro atoms. The Hall–Kier alpha value is -2.67. The predicted octanol–water partition coefficient (Wildman–Crippen LogP) is 3.02. The van der Waals surface area contributed by atoms with Gasteiger partial charge in [-0.2, -0.15) is 0 Å². The molecule has 0 radical (unpaired) electrons. The lowest BCUT2D eigenvalue weighted by atomic mass is 10.0. The Morgan fingerprint density at radius 1 is 1.08 bits per heavy atom. The van der Waals surface area contributed by atoms with Crippen LogP contribution in [-0.4, -0.2) is 21.8 Å². The van der Waals surface area contributed by atoms with Crippen molar-refractivity contribution in [2.45, 2.75) is 13.8 Å². The number of halogens is 1. The van der Waals surface area contributed by atoms with Crippen LogP contribution in [0.2, 0.25) is 0 Å². The number of aromatic amines is 1. The monoisotopic (exact) mass is 386 g/mol. The Morgan fingerprint density at radius 2 is 1.83 bits per heavy atom. The molecular weight excluding hydrogens is 372 g/mol. The number of H-pyrrole nitrogens is 1. The van der Waals surface area contributed by atoms with Crippen molar-refractivity contribution in [3.63, 3.8) is 0 Å². The lowest BCUT2D eigenvalue weighted by molar-refractivity contribution is 0.0845. The molecule has 0 aliphatic heterocycles. The number of nitrogens with zero attached hydrogens (tertiary/aromatic N) is 1. The Bertz CT molecular complexity index is 949. The van der Waals surface area contributed by atoms with Crippen molar-refractivity contribution in [3.8, 4) is 0 Å². The second-order valence-electron chi connectivity index (χ2n) is 5.47. The molecule has 24 heavy (non-hydrogen) atoms. The van der Waals surface area contributed by atoms with Gasteiger partial charge in [0.25, 0.3) is 11.8 Å². The van der Waals surface area contributed by atoms with Crippen LogP contribution in [0, 0.1) is 13.8 Å². The average Bonchev–Trinajstić information content (AvgIpc) is 2.98. The molecule has 0 bridgehead atoms. The van der Waals surface area contributed by atoms with Crippen LogP contribution in [0.15, 0.2) is 41.0 Å². The zero-order valence-corrected chi connectivity index (χ0v) is 14.7. The van der Waals surface area contributed by atoms with Gasteiger partial charge in [0.05, 0.1) is 11.1 Å². The molecule has 7 heteroatoms. The van der Waals surface area contributed by atoms with Gasteiger partial charge in [-0.25, -0.2) is 0 Å². The molecule has 3 N–H and O–H groups in total. The molecule has 0 saturated carbocycles. The highest BCUT2D eigenvalue weighted by Gasteiger charge is 2.14. The Kier molecular flexibility index (Phi) is 4.35. The molecule has 0 saturated heterocycles. The highest BCUT2D eigenvalue weighted by atomic mass is 79.9. The number of aromatic nitrogens is 2. The van der Waals surface area contributed by atoms with E-state index in [2.05, 4.69) is 36.7 Å². The van der Waals surface area contributed by atoms with E-state index in [1.807, 2.05) is 32.0 Å². The summed E-state index contributed by atoms with van der Waals surface area (Å²) in [6.07, 6.45) is 1.64. The summed E-state index contributed by atoms with van der Waals surface area (Å²) in [5.74, 6) is -0.824. The Balaban J connectivity index is 1.83. The molecule has 2 aromatic heterocycles. The first-order valence-corrected chi connectivity index (χ1v) is 8.06. The van der Waals surface area contributed by atoms with Crippen LogP contribution < -0.4 is 10.9 Å². The fraction of sp³-hybridized carbons (Fsp3) is 0.118. The van der Waals surface area contributed by atoms with Gasteiger partial charge in [0, 0.05) is 21.7 Å². The quantitative estimate of drug-likeness (QED) is 0.591. The van der Waals surface area contributed by atoms with Crippen LogP contribution in [0.5, 0.6) is 0 Å². The molecule has 6 nitrogen and oxygen atoms in total. The number of carbonyl (C=O) groups excluding carboxylic acids is 2. The molecule has 122 valence electrons. The minimum absolute atomic E-state index is 0.341. The van der Waals surface area contributed by atoms with E-state index in [0.717, 1.165) is 26.6 Å². The van der Waals surface area contributed by atoms with Crippen molar-refractivity contribution in [2.24, 2.45) is 0 Å². The van der Waals surface area contributed by atoms with Gasteiger partial charge in [0.15, 0.2) is 0 Å². The third kappa shape index (κ3) is 3.30. The van der Waals surface area contributed by atoms with Gasteiger partial charge < -0.3 is 4.98 Å². The lowest BCUT2D eigenvalue weighted by Gasteiger charge is -2.10. The van der Waals surface area contributed by atoms with Gasteiger partial charge in [-0.15, -0.1) is 0 Å². The van der Waals surface area contributed by atoms with Gasteiger partial charge in [-0.05, 0) is 54.0 Å². The zero-order chi connectivity index (χ0) is 17.3. The molecule has 0 unspecified atom stereocenters. The van der Waals surface area contributed by atoms with Gasteiger partial charge in [0.1, 0.15) is 5.69 Å². The second kappa shape index (κ2) is 6.45. The van der Waals surface area contributed by atoms with Crippen molar-refractivity contribution < 1.29 is 9.59 Å². The van der Waals surface area contributed by atoms with E-state index >= 15 is 0 Å². The largest absolute Gasteiger partial charge is 0.356 e. The van der Waals surface area contributed by atoms with Crippen molar-refractivity contribution in [2.75, 3.05) is 0 Å². The van der Waals surface area contributed by atoms with E-state index in [9.17, 15) is 9.59 Å². The zero-order valence-electron chi connectivity index (χ0n) is 13.1. The molecule has 0 atom stereocenters. The Labute approximate surface area is 146 Å². The Morgan fingerprint density at radius 3 is 2.54 bits per heavy atom.